The summed E-state index contributed by atoms with van der Waals surface area (Å²) in [7, 11) is 1.97. The molecule has 2 rings (SSSR count). The molecular formula is C17H25F2N. The fourth-order valence-electron chi connectivity index (χ4n) is 3.62. The van der Waals surface area contributed by atoms with Gasteiger partial charge in [-0.15, -0.1) is 0 Å². The van der Waals surface area contributed by atoms with Gasteiger partial charge in [0.05, 0.1) is 0 Å². The molecule has 1 aliphatic carbocycles. The molecule has 112 valence electrons. The van der Waals surface area contributed by atoms with E-state index in [0.29, 0.717) is 23.9 Å². The SMILES string of the molecule is CCCC1CCC(NC)C(Cc2cc(F)ccc2F)C1. The van der Waals surface area contributed by atoms with E-state index in [-0.39, 0.29) is 11.6 Å². The third-order valence-electron chi connectivity index (χ3n) is 4.65. The van der Waals surface area contributed by atoms with Gasteiger partial charge in [-0.3, -0.25) is 0 Å². The van der Waals surface area contributed by atoms with Gasteiger partial charge >= 0.3 is 0 Å². The monoisotopic (exact) mass is 281 g/mol. The summed E-state index contributed by atoms with van der Waals surface area (Å²) in [6.45, 7) is 2.21. The normalized spacial score (nSPS) is 26.7. The summed E-state index contributed by atoms with van der Waals surface area (Å²) < 4.78 is 27.1. The molecule has 1 aromatic rings. The van der Waals surface area contributed by atoms with E-state index in [1.54, 1.807) is 0 Å². The van der Waals surface area contributed by atoms with E-state index in [4.69, 9.17) is 0 Å². The minimum Gasteiger partial charge on any atom is -0.317 e. The van der Waals surface area contributed by atoms with E-state index in [0.717, 1.165) is 18.8 Å². The number of rotatable bonds is 5. The van der Waals surface area contributed by atoms with Crippen molar-refractivity contribution in [1.29, 1.82) is 0 Å². The van der Waals surface area contributed by atoms with Gasteiger partial charge in [-0.05, 0) is 68.3 Å². The molecule has 0 bridgehead atoms. The first-order valence-corrected chi connectivity index (χ1v) is 7.75. The summed E-state index contributed by atoms with van der Waals surface area (Å²) in [5, 5.41) is 3.35. The largest absolute Gasteiger partial charge is 0.317 e. The van der Waals surface area contributed by atoms with Gasteiger partial charge in [0.1, 0.15) is 11.6 Å². The maximum atomic E-state index is 13.8. The fraction of sp³-hybridized carbons (Fsp3) is 0.647. The molecule has 0 heterocycles. The first-order valence-electron chi connectivity index (χ1n) is 7.75. The molecular weight excluding hydrogens is 256 g/mol. The van der Waals surface area contributed by atoms with Crippen LogP contribution in [0.25, 0.3) is 0 Å². The number of benzene rings is 1. The summed E-state index contributed by atoms with van der Waals surface area (Å²) in [6, 6.07) is 4.21. The van der Waals surface area contributed by atoms with Gasteiger partial charge in [0, 0.05) is 6.04 Å². The first kappa shape index (κ1) is 15.4. The Kier molecular flexibility index (Phi) is 5.53. The molecule has 0 saturated heterocycles. The van der Waals surface area contributed by atoms with Crippen LogP contribution in [0.4, 0.5) is 8.78 Å². The summed E-state index contributed by atoms with van der Waals surface area (Å²) in [4.78, 5) is 0. The average molecular weight is 281 g/mol. The van der Waals surface area contributed by atoms with Crippen LogP contribution < -0.4 is 5.32 Å². The molecule has 1 aliphatic rings. The van der Waals surface area contributed by atoms with Crippen molar-refractivity contribution in [1.82, 2.24) is 5.32 Å². The van der Waals surface area contributed by atoms with Gasteiger partial charge in [-0.1, -0.05) is 19.8 Å². The van der Waals surface area contributed by atoms with Gasteiger partial charge < -0.3 is 5.32 Å². The van der Waals surface area contributed by atoms with Gasteiger partial charge in [0.2, 0.25) is 0 Å². The Labute approximate surface area is 120 Å². The molecule has 1 fully saturated rings. The van der Waals surface area contributed by atoms with E-state index in [9.17, 15) is 8.78 Å². The number of halogens is 2. The molecule has 1 saturated carbocycles. The predicted octanol–water partition coefficient (Wildman–Crippen LogP) is 4.31. The second kappa shape index (κ2) is 7.16. The standard InChI is InChI=1S/C17H25F2N/c1-3-4-12-5-8-17(20-2)14(9-12)10-13-11-15(18)6-7-16(13)19/h6-7,11-12,14,17,20H,3-5,8-10H2,1-2H3. The highest BCUT2D eigenvalue weighted by Crippen LogP contribution is 2.34. The van der Waals surface area contributed by atoms with Crippen molar-refractivity contribution >= 4 is 0 Å². The van der Waals surface area contributed by atoms with Crippen LogP contribution in [0.3, 0.4) is 0 Å². The van der Waals surface area contributed by atoms with Crippen LogP contribution in [0.1, 0.15) is 44.6 Å². The molecule has 1 aromatic carbocycles. The Bertz CT molecular complexity index is 433. The van der Waals surface area contributed by atoms with Crippen molar-refractivity contribution < 1.29 is 8.78 Å². The molecule has 3 atom stereocenters. The zero-order valence-corrected chi connectivity index (χ0v) is 12.5. The predicted molar refractivity (Wildman–Crippen MR) is 78.6 cm³/mol. The summed E-state index contributed by atoms with van der Waals surface area (Å²) in [6.07, 6.45) is 6.60. The Morgan fingerprint density at radius 3 is 2.75 bits per heavy atom. The summed E-state index contributed by atoms with van der Waals surface area (Å²) in [5.41, 5.74) is 0.521. The highest BCUT2D eigenvalue weighted by molar-refractivity contribution is 5.19. The zero-order chi connectivity index (χ0) is 14.5. The number of hydrogen-bond donors (Lipinski definition) is 1. The van der Waals surface area contributed by atoms with Crippen LogP contribution in [0.15, 0.2) is 18.2 Å². The number of nitrogens with one attached hydrogen (secondary N) is 1. The smallest absolute Gasteiger partial charge is 0.126 e. The van der Waals surface area contributed by atoms with Gasteiger partial charge in [0.15, 0.2) is 0 Å². The molecule has 0 aromatic heterocycles. The van der Waals surface area contributed by atoms with Gasteiger partial charge in [0.25, 0.3) is 0 Å². The Morgan fingerprint density at radius 2 is 2.05 bits per heavy atom. The molecule has 0 radical (unpaired) electrons. The highest BCUT2D eigenvalue weighted by atomic mass is 19.1. The Hall–Kier alpha value is -0.960. The van der Waals surface area contributed by atoms with Crippen LogP contribution >= 0.6 is 0 Å². The van der Waals surface area contributed by atoms with Crippen LogP contribution in [-0.2, 0) is 6.42 Å². The van der Waals surface area contributed by atoms with E-state index < -0.39 is 0 Å². The maximum Gasteiger partial charge on any atom is 0.126 e. The summed E-state index contributed by atoms with van der Waals surface area (Å²) in [5.74, 6) is 0.523. The molecule has 0 spiro atoms. The molecule has 0 amide bonds. The van der Waals surface area contributed by atoms with Crippen LogP contribution in [-0.4, -0.2) is 13.1 Å². The zero-order valence-electron chi connectivity index (χ0n) is 12.5. The quantitative estimate of drug-likeness (QED) is 0.848. The van der Waals surface area contributed by atoms with Crippen molar-refractivity contribution in [2.75, 3.05) is 7.05 Å². The summed E-state index contributed by atoms with van der Waals surface area (Å²) >= 11 is 0. The lowest BCUT2D eigenvalue weighted by molar-refractivity contribution is 0.199. The molecule has 3 unspecified atom stereocenters. The van der Waals surface area contributed by atoms with Crippen LogP contribution in [0.2, 0.25) is 0 Å². The second-order valence-electron chi connectivity index (χ2n) is 6.06. The third-order valence-corrected chi connectivity index (χ3v) is 4.65. The van der Waals surface area contributed by atoms with Crippen molar-refractivity contribution in [2.45, 2.75) is 51.5 Å². The molecule has 0 aliphatic heterocycles. The molecule has 3 heteroatoms. The van der Waals surface area contributed by atoms with Crippen molar-refractivity contribution in [3.63, 3.8) is 0 Å². The fourth-order valence-corrected chi connectivity index (χ4v) is 3.62. The highest BCUT2D eigenvalue weighted by Gasteiger charge is 2.29. The van der Waals surface area contributed by atoms with Crippen molar-refractivity contribution in [3.8, 4) is 0 Å². The van der Waals surface area contributed by atoms with Crippen LogP contribution in [0, 0.1) is 23.5 Å². The van der Waals surface area contributed by atoms with Gasteiger partial charge in [-0.2, -0.15) is 0 Å². The molecule has 1 N–H and O–H groups in total. The van der Waals surface area contributed by atoms with E-state index >= 15 is 0 Å². The third kappa shape index (κ3) is 3.78. The van der Waals surface area contributed by atoms with E-state index in [1.807, 2.05) is 7.05 Å². The lowest BCUT2D eigenvalue weighted by Crippen LogP contribution is -2.39. The number of hydrogen-bond acceptors (Lipinski definition) is 1. The lowest BCUT2D eigenvalue weighted by atomic mass is 9.74. The lowest BCUT2D eigenvalue weighted by Gasteiger charge is -2.36. The maximum absolute atomic E-state index is 13.8. The molecule has 1 nitrogen and oxygen atoms in total. The van der Waals surface area contributed by atoms with Gasteiger partial charge in [-0.25, -0.2) is 8.78 Å². The first-order chi connectivity index (χ1) is 9.63. The van der Waals surface area contributed by atoms with Crippen LogP contribution in [0.5, 0.6) is 0 Å². The van der Waals surface area contributed by atoms with E-state index in [2.05, 4.69) is 12.2 Å². The average Bonchev–Trinajstić information content (AvgIpc) is 2.44. The van der Waals surface area contributed by atoms with Crippen molar-refractivity contribution in [2.24, 2.45) is 11.8 Å². The topological polar surface area (TPSA) is 12.0 Å². The minimum atomic E-state index is -0.344. The van der Waals surface area contributed by atoms with Crippen molar-refractivity contribution in [3.05, 3.63) is 35.4 Å². The minimum absolute atomic E-state index is 0.279. The Morgan fingerprint density at radius 1 is 1.25 bits per heavy atom. The van der Waals surface area contributed by atoms with E-state index in [1.165, 1.54) is 37.5 Å². The second-order valence-corrected chi connectivity index (χ2v) is 6.06. The molecule has 20 heavy (non-hydrogen) atoms. The Balaban J connectivity index is 2.09.